The van der Waals surface area contributed by atoms with Crippen molar-refractivity contribution < 1.29 is 27.2 Å². The predicted octanol–water partition coefficient (Wildman–Crippen LogP) is 3.47. The van der Waals surface area contributed by atoms with Gasteiger partial charge >= 0.3 is 12.1 Å². The van der Waals surface area contributed by atoms with Gasteiger partial charge in [0.05, 0.1) is 18.5 Å². The number of rotatable bonds is 7. The van der Waals surface area contributed by atoms with Gasteiger partial charge in [-0.2, -0.15) is 18.2 Å². The van der Waals surface area contributed by atoms with Gasteiger partial charge in [0, 0.05) is 23.6 Å². The molecule has 168 valence electrons. The molecule has 9 nitrogen and oxygen atoms in total. The van der Waals surface area contributed by atoms with Gasteiger partial charge in [0.2, 0.25) is 5.95 Å². The zero-order chi connectivity index (χ0) is 23.3. The fourth-order valence-corrected chi connectivity index (χ4v) is 2.58. The fraction of sp³-hybridized carbons (Fsp3) is 0.211. The van der Waals surface area contributed by atoms with Crippen LogP contribution >= 0.6 is 0 Å². The monoisotopic (exact) mass is 451 g/mol. The van der Waals surface area contributed by atoms with Crippen molar-refractivity contribution in [3.63, 3.8) is 0 Å². The topological polar surface area (TPSA) is 120 Å². The van der Waals surface area contributed by atoms with Crippen LogP contribution in [-0.4, -0.2) is 31.6 Å². The van der Waals surface area contributed by atoms with Gasteiger partial charge in [0.15, 0.2) is 5.82 Å². The number of benzene rings is 1. The van der Waals surface area contributed by atoms with Crippen molar-refractivity contribution in [1.82, 2.24) is 19.7 Å². The lowest BCUT2D eigenvalue weighted by molar-refractivity contribution is -0.144. The molecule has 1 aromatic carbocycles. The van der Waals surface area contributed by atoms with E-state index in [1.807, 2.05) is 0 Å². The molecule has 0 unspecified atom stereocenters. The standard InChI is InChI=1S/C19H17F4N7O2/c1-11(24)29-32-16(31)6-9-30-17(12-4-7-25-8-5-12)27-18(28-30)26-13-2-3-15(20)14(10-13)19(21,22)23/h2-5,7-8,10H,6,9H2,1H3,(H2,24,29)(H,26,28). The first-order valence-corrected chi connectivity index (χ1v) is 9.12. The number of pyridine rings is 1. The first-order valence-electron chi connectivity index (χ1n) is 9.12. The third kappa shape index (κ3) is 5.77. The minimum absolute atomic E-state index is 0.0293. The van der Waals surface area contributed by atoms with Crippen LogP contribution in [0.3, 0.4) is 0 Å². The lowest BCUT2D eigenvalue weighted by Crippen LogP contribution is -2.12. The van der Waals surface area contributed by atoms with E-state index in [4.69, 9.17) is 5.73 Å². The van der Waals surface area contributed by atoms with Crippen molar-refractivity contribution in [2.75, 3.05) is 5.32 Å². The van der Waals surface area contributed by atoms with E-state index in [2.05, 4.69) is 30.4 Å². The number of alkyl halides is 3. The number of hydrogen-bond acceptors (Lipinski definition) is 7. The number of anilines is 2. The lowest BCUT2D eigenvalue weighted by Gasteiger charge is -2.10. The maximum atomic E-state index is 13.5. The average molecular weight is 451 g/mol. The fourth-order valence-electron chi connectivity index (χ4n) is 2.58. The second kappa shape index (κ2) is 9.41. The molecule has 0 aliphatic heterocycles. The number of nitrogens with two attached hydrogens (primary N) is 1. The molecule has 3 aromatic rings. The van der Waals surface area contributed by atoms with Crippen LogP contribution in [0.5, 0.6) is 0 Å². The summed E-state index contributed by atoms with van der Waals surface area (Å²) in [4.78, 5) is 24.6. The smallest absolute Gasteiger partial charge is 0.385 e. The molecule has 0 amide bonds. The van der Waals surface area contributed by atoms with E-state index in [0.717, 1.165) is 6.07 Å². The number of halogens is 4. The summed E-state index contributed by atoms with van der Waals surface area (Å²) in [6, 6.07) is 5.73. The van der Waals surface area contributed by atoms with Gasteiger partial charge in [-0.05, 0) is 37.3 Å². The van der Waals surface area contributed by atoms with Crippen LogP contribution in [0.2, 0.25) is 0 Å². The second-order valence-electron chi connectivity index (χ2n) is 6.48. The Hall–Kier alpha value is -4.03. The van der Waals surface area contributed by atoms with Crippen molar-refractivity contribution in [2.24, 2.45) is 10.9 Å². The summed E-state index contributed by atoms with van der Waals surface area (Å²) in [5.74, 6) is -1.73. The molecular formula is C19H17F4N7O2. The maximum Gasteiger partial charge on any atom is 0.419 e. The molecule has 0 atom stereocenters. The SMILES string of the molecule is C/C(N)=N\OC(=O)CCn1nc(Nc2ccc(F)c(C(F)(F)F)c2)nc1-c1ccncc1. The summed E-state index contributed by atoms with van der Waals surface area (Å²) >= 11 is 0. The summed E-state index contributed by atoms with van der Waals surface area (Å²) in [7, 11) is 0. The first kappa shape index (κ1) is 22.7. The number of amidine groups is 1. The number of aromatic nitrogens is 4. The summed E-state index contributed by atoms with van der Waals surface area (Å²) < 4.78 is 53.8. The van der Waals surface area contributed by atoms with E-state index in [1.54, 1.807) is 12.1 Å². The molecule has 3 N–H and O–H groups in total. The summed E-state index contributed by atoms with van der Waals surface area (Å²) in [5, 5.41) is 10.2. The van der Waals surface area contributed by atoms with Crippen molar-refractivity contribution in [3.8, 4) is 11.4 Å². The van der Waals surface area contributed by atoms with Gasteiger partial charge in [-0.25, -0.2) is 13.9 Å². The average Bonchev–Trinajstić information content (AvgIpc) is 3.14. The van der Waals surface area contributed by atoms with E-state index in [0.29, 0.717) is 23.5 Å². The van der Waals surface area contributed by atoms with Crippen LogP contribution in [0.1, 0.15) is 18.9 Å². The highest BCUT2D eigenvalue weighted by molar-refractivity contribution is 5.78. The highest BCUT2D eigenvalue weighted by Gasteiger charge is 2.34. The first-order chi connectivity index (χ1) is 15.1. The van der Waals surface area contributed by atoms with E-state index in [9.17, 15) is 22.4 Å². The van der Waals surface area contributed by atoms with Crippen molar-refractivity contribution in [1.29, 1.82) is 0 Å². The molecule has 0 aliphatic rings. The van der Waals surface area contributed by atoms with E-state index in [-0.39, 0.29) is 30.4 Å². The van der Waals surface area contributed by atoms with Gasteiger partial charge < -0.3 is 15.9 Å². The third-order valence-electron chi connectivity index (χ3n) is 3.96. The molecule has 0 spiro atoms. The molecular weight excluding hydrogens is 434 g/mol. The number of carbonyl (C=O) groups excluding carboxylic acids is 1. The van der Waals surface area contributed by atoms with Crippen LogP contribution in [0.25, 0.3) is 11.4 Å². The quantitative estimate of drug-likeness (QED) is 0.186. The summed E-state index contributed by atoms with van der Waals surface area (Å²) in [6.07, 6.45) is -1.96. The number of oxime groups is 1. The number of carbonyl (C=O) groups is 1. The Morgan fingerprint density at radius 1 is 1.25 bits per heavy atom. The summed E-state index contributed by atoms with van der Waals surface area (Å²) in [5.41, 5.74) is 4.42. The van der Waals surface area contributed by atoms with Gasteiger partial charge in [0.1, 0.15) is 11.7 Å². The molecule has 3 rings (SSSR count). The van der Waals surface area contributed by atoms with Crippen molar-refractivity contribution in [2.45, 2.75) is 26.1 Å². The van der Waals surface area contributed by atoms with Gasteiger partial charge in [0.25, 0.3) is 0 Å². The highest BCUT2D eigenvalue weighted by Crippen LogP contribution is 2.33. The Morgan fingerprint density at radius 3 is 2.62 bits per heavy atom. The predicted molar refractivity (Wildman–Crippen MR) is 106 cm³/mol. The molecule has 0 aliphatic carbocycles. The molecule has 2 aromatic heterocycles. The number of hydrogen-bond donors (Lipinski definition) is 2. The zero-order valence-electron chi connectivity index (χ0n) is 16.6. The van der Waals surface area contributed by atoms with Crippen LogP contribution in [-0.2, 0) is 22.4 Å². The lowest BCUT2D eigenvalue weighted by atomic mass is 10.2. The molecule has 32 heavy (non-hydrogen) atoms. The minimum atomic E-state index is -4.86. The van der Waals surface area contributed by atoms with Gasteiger partial charge in [-0.15, -0.1) is 5.10 Å². The van der Waals surface area contributed by atoms with Gasteiger partial charge in [-0.1, -0.05) is 5.16 Å². The Balaban J connectivity index is 1.86. The number of nitrogens with one attached hydrogen (secondary N) is 1. The molecule has 0 fully saturated rings. The largest absolute Gasteiger partial charge is 0.419 e. The van der Waals surface area contributed by atoms with Crippen molar-refractivity contribution in [3.05, 3.63) is 54.1 Å². The van der Waals surface area contributed by atoms with Crippen LogP contribution in [0, 0.1) is 5.82 Å². The summed E-state index contributed by atoms with van der Waals surface area (Å²) in [6.45, 7) is 1.48. The van der Waals surface area contributed by atoms with Gasteiger partial charge in [-0.3, -0.25) is 4.98 Å². The van der Waals surface area contributed by atoms with Crippen LogP contribution in [0.4, 0.5) is 29.2 Å². The maximum absolute atomic E-state index is 13.5. The molecule has 0 bridgehead atoms. The molecule has 0 saturated heterocycles. The molecule has 0 saturated carbocycles. The van der Waals surface area contributed by atoms with E-state index in [1.165, 1.54) is 24.0 Å². The normalized spacial score (nSPS) is 12.0. The Kier molecular flexibility index (Phi) is 6.66. The van der Waals surface area contributed by atoms with Crippen molar-refractivity contribution >= 4 is 23.4 Å². The molecule has 2 heterocycles. The number of aryl methyl sites for hydroxylation is 1. The van der Waals surface area contributed by atoms with Crippen LogP contribution < -0.4 is 11.1 Å². The molecule has 0 radical (unpaired) electrons. The minimum Gasteiger partial charge on any atom is -0.385 e. The second-order valence-corrected chi connectivity index (χ2v) is 6.48. The molecule has 13 heteroatoms. The van der Waals surface area contributed by atoms with E-state index >= 15 is 0 Å². The van der Waals surface area contributed by atoms with Crippen LogP contribution in [0.15, 0.2) is 47.9 Å². The Bertz CT molecular complexity index is 1130. The highest BCUT2D eigenvalue weighted by atomic mass is 19.4. The zero-order valence-corrected chi connectivity index (χ0v) is 16.6. The Morgan fingerprint density at radius 2 is 1.97 bits per heavy atom. The Labute approximate surface area is 178 Å². The van der Waals surface area contributed by atoms with E-state index < -0.39 is 23.5 Å². The third-order valence-corrected chi connectivity index (χ3v) is 3.96. The number of nitrogens with zero attached hydrogens (tertiary/aromatic N) is 5.